The molecule has 0 unspecified atom stereocenters. The summed E-state index contributed by atoms with van der Waals surface area (Å²) in [5, 5.41) is 11.9. The molecule has 21 heavy (non-hydrogen) atoms. The van der Waals surface area contributed by atoms with Gasteiger partial charge < -0.3 is 15.2 Å². The van der Waals surface area contributed by atoms with Crippen LogP contribution in [0.25, 0.3) is 11.4 Å². The summed E-state index contributed by atoms with van der Waals surface area (Å²) in [5.41, 5.74) is 7.41. The molecule has 0 saturated heterocycles. The zero-order valence-corrected chi connectivity index (χ0v) is 13.0. The second-order valence-corrected chi connectivity index (χ2v) is 6.02. The summed E-state index contributed by atoms with van der Waals surface area (Å²) >= 11 is 0. The number of benzene rings is 1. The van der Waals surface area contributed by atoms with Gasteiger partial charge in [-0.15, -0.1) is 5.10 Å². The second-order valence-electron chi connectivity index (χ2n) is 6.02. The maximum Gasteiger partial charge on any atom is 0.184 e. The second kappa shape index (κ2) is 5.59. The van der Waals surface area contributed by atoms with Crippen LogP contribution >= 0.6 is 0 Å². The quantitative estimate of drug-likeness (QED) is 0.867. The zero-order valence-electron chi connectivity index (χ0n) is 13.0. The Bertz CT molecular complexity index is 631. The van der Waals surface area contributed by atoms with Crippen molar-refractivity contribution in [3.63, 3.8) is 0 Å². The van der Waals surface area contributed by atoms with E-state index in [2.05, 4.69) is 36.3 Å². The molecule has 1 heterocycles. The van der Waals surface area contributed by atoms with Crippen LogP contribution in [0, 0.1) is 5.41 Å². The van der Waals surface area contributed by atoms with Crippen molar-refractivity contribution >= 4 is 5.69 Å². The molecule has 0 spiro atoms. The Morgan fingerprint density at radius 2 is 1.76 bits per heavy atom. The van der Waals surface area contributed by atoms with E-state index in [9.17, 15) is 0 Å². The van der Waals surface area contributed by atoms with Gasteiger partial charge in [0.1, 0.15) is 0 Å². The van der Waals surface area contributed by atoms with Crippen molar-refractivity contribution in [1.29, 1.82) is 0 Å². The highest BCUT2D eigenvalue weighted by atomic mass is 16.5. The molecule has 2 N–H and O–H groups in total. The van der Waals surface area contributed by atoms with Crippen LogP contribution in [-0.2, 0) is 6.54 Å². The van der Waals surface area contributed by atoms with Gasteiger partial charge >= 0.3 is 0 Å². The largest absolute Gasteiger partial charge is 0.493 e. The maximum atomic E-state index is 6.10. The Morgan fingerprint density at radius 1 is 1.14 bits per heavy atom. The number of nitrogen functional groups attached to an aromatic ring is 1. The Labute approximate surface area is 124 Å². The van der Waals surface area contributed by atoms with Crippen molar-refractivity contribution < 1.29 is 9.47 Å². The van der Waals surface area contributed by atoms with Crippen LogP contribution in [0.3, 0.4) is 0 Å². The fourth-order valence-electron chi connectivity index (χ4n) is 2.04. The number of nitrogens with two attached hydrogens (primary N) is 1. The minimum atomic E-state index is 0.0510. The summed E-state index contributed by atoms with van der Waals surface area (Å²) in [7, 11) is 3.15. The summed E-state index contributed by atoms with van der Waals surface area (Å²) in [6.07, 6.45) is 0. The van der Waals surface area contributed by atoms with Crippen molar-refractivity contribution in [3.8, 4) is 22.9 Å². The number of ether oxygens (including phenoxy) is 2. The lowest BCUT2D eigenvalue weighted by atomic mass is 9.97. The number of anilines is 1. The SMILES string of the molecule is COc1cc(N)c(-c2nnnn2CC(C)(C)C)cc1OC. The van der Waals surface area contributed by atoms with Gasteiger partial charge in [-0.2, -0.15) is 0 Å². The molecular formula is C14H21N5O2. The normalized spacial score (nSPS) is 11.5. The van der Waals surface area contributed by atoms with Gasteiger partial charge in [0.15, 0.2) is 17.3 Å². The van der Waals surface area contributed by atoms with Crippen LogP contribution < -0.4 is 15.2 Å². The summed E-state index contributed by atoms with van der Waals surface area (Å²) < 4.78 is 12.3. The van der Waals surface area contributed by atoms with Gasteiger partial charge in [-0.05, 0) is 21.9 Å². The number of nitrogens with zero attached hydrogens (tertiary/aromatic N) is 4. The van der Waals surface area contributed by atoms with Gasteiger partial charge in [0.2, 0.25) is 0 Å². The smallest absolute Gasteiger partial charge is 0.184 e. The summed E-state index contributed by atoms with van der Waals surface area (Å²) in [6.45, 7) is 7.05. The van der Waals surface area contributed by atoms with E-state index in [1.807, 2.05) is 0 Å². The van der Waals surface area contributed by atoms with Crippen LogP contribution in [0.15, 0.2) is 12.1 Å². The highest BCUT2D eigenvalue weighted by molar-refractivity contribution is 5.75. The van der Waals surface area contributed by atoms with Crippen molar-refractivity contribution in [1.82, 2.24) is 20.2 Å². The van der Waals surface area contributed by atoms with Crippen LogP contribution in [0.5, 0.6) is 11.5 Å². The highest BCUT2D eigenvalue weighted by Crippen LogP contribution is 2.36. The molecule has 0 saturated carbocycles. The van der Waals surface area contributed by atoms with Crippen LogP contribution in [0.4, 0.5) is 5.69 Å². The van der Waals surface area contributed by atoms with Crippen LogP contribution in [0.1, 0.15) is 20.8 Å². The van der Waals surface area contributed by atoms with Gasteiger partial charge in [-0.1, -0.05) is 20.8 Å². The van der Waals surface area contributed by atoms with E-state index >= 15 is 0 Å². The lowest BCUT2D eigenvalue weighted by Crippen LogP contribution is -2.17. The van der Waals surface area contributed by atoms with Gasteiger partial charge in [-0.25, -0.2) is 4.68 Å². The monoisotopic (exact) mass is 291 g/mol. The van der Waals surface area contributed by atoms with E-state index in [0.29, 0.717) is 29.6 Å². The Balaban J connectivity index is 2.50. The van der Waals surface area contributed by atoms with Crippen molar-refractivity contribution in [3.05, 3.63) is 12.1 Å². The Morgan fingerprint density at radius 3 is 2.33 bits per heavy atom. The standard InChI is InChI=1S/C14H21N5O2/c1-14(2,3)8-19-13(16-17-18-19)9-6-11(20-4)12(21-5)7-10(9)15/h6-7H,8,15H2,1-5H3. The first kappa shape index (κ1) is 15.1. The molecule has 0 atom stereocenters. The van der Waals surface area contributed by atoms with E-state index < -0.39 is 0 Å². The van der Waals surface area contributed by atoms with Crippen molar-refractivity contribution in [2.45, 2.75) is 27.3 Å². The van der Waals surface area contributed by atoms with E-state index in [0.717, 1.165) is 5.56 Å². The van der Waals surface area contributed by atoms with Gasteiger partial charge in [-0.3, -0.25) is 0 Å². The molecule has 1 aromatic heterocycles. The molecule has 0 amide bonds. The topological polar surface area (TPSA) is 88.1 Å². The average molecular weight is 291 g/mol. The summed E-state index contributed by atoms with van der Waals surface area (Å²) in [4.78, 5) is 0. The van der Waals surface area contributed by atoms with E-state index in [4.69, 9.17) is 15.2 Å². The number of hydrogen-bond donors (Lipinski definition) is 1. The molecule has 2 rings (SSSR count). The number of methoxy groups -OCH3 is 2. The molecule has 0 aliphatic heterocycles. The van der Waals surface area contributed by atoms with Crippen LogP contribution in [-0.4, -0.2) is 34.4 Å². The highest BCUT2D eigenvalue weighted by Gasteiger charge is 2.20. The number of tetrazole rings is 1. The fourth-order valence-corrected chi connectivity index (χ4v) is 2.04. The number of aromatic nitrogens is 4. The maximum absolute atomic E-state index is 6.10. The predicted octanol–water partition coefficient (Wildman–Crippen LogP) is 1.99. The third-order valence-electron chi connectivity index (χ3n) is 2.95. The molecule has 0 fully saturated rings. The van der Waals surface area contributed by atoms with Crippen molar-refractivity contribution in [2.75, 3.05) is 20.0 Å². The molecule has 7 nitrogen and oxygen atoms in total. The summed E-state index contributed by atoms with van der Waals surface area (Å²) in [5.74, 6) is 1.78. The average Bonchev–Trinajstić information content (AvgIpc) is 2.84. The molecule has 1 aromatic carbocycles. The summed E-state index contributed by atoms with van der Waals surface area (Å²) in [6, 6.07) is 3.50. The molecular weight excluding hydrogens is 270 g/mol. The van der Waals surface area contributed by atoms with E-state index in [1.165, 1.54) is 0 Å². The minimum absolute atomic E-state index is 0.0510. The third kappa shape index (κ3) is 3.24. The lowest BCUT2D eigenvalue weighted by molar-refractivity contribution is 0.323. The lowest BCUT2D eigenvalue weighted by Gasteiger charge is -2.19. The molecule has 0 radical (unpaired) electrons. The molecule has 2 aromatic rings. The third-order valence-corrected chi connectivity index (χ3v) is 2.95. The number of hydrogen-bond acceptors (Lipinski definition) is 6. The van der Waals surface area contributed by atoms with E-state index in [1.54, 1.807) is 31.0 Å². The molecule has 0 aliphatic rings. The Hall–Kier alpha value is -2.31. The van der Waals surface area contributed by atoms with Gasteiger partial charge in [0.05, 0.1) is 14.2 Å². The predicted molar refractivity (Wildman–Crippen MR) is 80.2 cm³/mol. The molecule has 0 aliphatic carbocycles. The zero-order chi connectivity index (χ0) is 15.6. The van der Waals surface area contributed by atoms with Gasteiger partial charge in [0, 0.05) is 23.9 Å². The first-order chi connectivity index (χ1) is 9.85. The first-order valence-electron chi connectivity index (χ1n) is 6.64. The molecule has 7 heteroatoms. The van der Waals surface area contributed by atoms with E-state index in [-0.39, 0.29) is 5.41 Å². The molecule has 0 bridgehead atoms. The number of rotatable bonds is 4. The molecule has 114 valence electrons. The van der Waals surface area contributed by atoms with Crippen LogP contribution in [0.2, 0.25) is 0 Å². The van der Waals surface area contributed by atoms with Crippen molar-refractivity contribution in [2.24, 2.45) is 5.41 Å². The first-order valence-corrected chi connectivity index (χ1v) is 6.64. The Kier molecular flexibility index (Phi) is 4.02. The van der Waals surface area contributed by atoms with Gasteiger partial charge in [0.25, 0.3) is 0 Å². The fraction of sp³-hybridized carbons (Fsp3) is 0.500. The minimum Gasteiger partial charge on any atom is -0.493 e.